The minimum Gasteiger partial charge on any atom is -0.495 e. The number of methoxy groups -OCH3 is 2. The van der Waals surface area contributed by atoms with Crippen LogP contribution in [-0.4, -0.2) is 37.0 Å². The van der Waals surface area contributed by atoms with Crippen LogP contribution in [0.2, 0.25) is 5.02 Å². The molecular formula is C20H21ClN2O4. The number of ether oxygens (including phenoxy) is 2. The van der Waals surface area contributed by atoms with Gasteiger partial charge in [-0.05, 0) is 12.0 Å². The lowest BCUT2D eigenvalue weighted by Crippen LogP contribution is -2.41. The van der Waals surface area contributed by atoms with Crippen LogP contribution in [-0.2, 0) is 16.1 Å². The smallest absolute Gasteiger partial charge is 0.247 e. The molecule has 2 amide bonds. The molecule has 1 N–H and O–H groups in total. The number of hydrogen-bond acceptors (Lipinski definition) is 4. The summed E-state index contributed by atoms with van der Waals surface area (Å²) in [5, 5.41) is 3.23. The summed E-state index contributed by atoms with van der Waals surface area (Å²) in [6.45, 7) is 0.402. The van der Waals surface area contributed by atoms with E-state index in [1.54, 1.807) is 17.0 Å². The highest BCUT2D eigenvalue weighted by atomic mass is 35.5. The maximum absolute atomic E-state index is 12.9. The first-order valence-electron chi connectivity index (χ1n) is 8.59. The number of benzene rings is 2. The summed E-state index contributed by atoms with van der Waals surface area (Å²) < 4.78 is 10.5. The fourth-order valence-electron chi connectivity index (χ4n) is 3.16. The zero-order chi connectivity index (χ0) is 19.4. The number of hydrogen-bond donors (Lipinski definition) is 1. The number of rotatable bonds is 6. The normalized spacial score (nSPS) is 16.3. The first-order chi connectivity index (χ1) is 13.0. The van der Waals surface area contributed by atoms with E-state index < -0.39 is 6.04 Å². The van der Waals surface area contributed by atoms with Crippen LogP contribution in [0, 0.1) is 0 Å². The van der Waals surface area contributed by atoms with Gasteiger partial charge in [0.05, 0.1) is 24.9 Å². The molecule has 2 aromatic carbocycles. The van der Waals surface area contributed by atoms with E-state index in [1.807, 2.05) is 30.3 Å². The molecule has 0 aromatic heterocycles. The van der Waals surface area contributed by atoms with Gasteiger partial charge in [-0.1, -0.05) is 41.9 Å². The minimum absolute atomic E-state index is 0.0281. The van der Waals surface area contributed by atoms with Crippen molar-refractivity contribution in [2.45, 2.75) is 25.4 Å². The van der Waals surface area contributed by atoms with E-state index in [0.717, 1.165) is 5.56 Å². The summed E-state index contributed by atoms with van der Waals surface area (Å²) >= 11 is 6.11. The number of nitrogens with one attached hydrogen (secondary N) is 1. The van der Waals surface area contributed by atoms with Gasteiger partial charge in [-0.2, -0.15) is 0 Å². The van der Waals surface area contributed by atoms with Gasteiger partial charge in [0.15, 0.2) is 0 Å². The summed E-state index contributed by atoms with van der Waals surface area (Å²) in [6.07, 6.45) is 0.830. The van der Waals surface area contributed by atoms with Gasteiger partial charge in [0.2, 0.25) is 11.8 Å². The van der Waals surface area contributed by atoms with Gasteiger partial charge in [-0.15, -0.1) is 0 Å². The molecule has 142 valence electrons. The fraction of sp³-hybridized carbons (Fsp3) is 0.300. The van der Waals surface area contributed by atoms with E-state index in [1.165, 1.54) is 14.2 Å². The highest BCUT2D eigenvalue weighted by Gasteiger charge is 2.36. The van der Waals surface area contributed by atoms with E-state index >= 15 is 0 Å². The zero-order valence-electron chi connectivity index (χ0n) is 15.2. The molecule has 1 unspecified atom stereocenters. The molecule has 3 rings (SSSR count). The van der Waals surface area contributed by atoms with Crippen molar-refractivity contribution in [1.82, 2.24) is 4.90 Å². The fourth-order valence-corrected chi connectivity index (χ4v) is 3.39. The topological polar surface area (TPSA) is 67.9 Å². The third-order valence-electron chi connectivity index (χ3n) is 4.56. The number of likely N-dealkylation sites (tertiary alicyclic amines) is 1. The second kappa shape index (κ2) is 8.31. The van der Waals surface area contributed by atoms with Crippen LogP contribution in [0.25, 0.3) is 0 Å². The summed E-state index contributed by atoms with van der Waals surface area (Å²) in [5.41, 5.74) is 1.43. The van der Waals surface area contributed by atoms with Crippen LogP contribution in [0.4, 0.5) is 5.69 Å². The van der Waals surface area contributed by atoms with Gasteiger partial charge >= 0.3 is 0 Å². The standard InChI is InChI=1S/C20H21ClN2O4/c1-26-17-11-15(18(27-2)10-14(17)21)22-20(25)16-8-9-19(24)23(16)12-13-6-4-3-5-7-13/h3-7,10-11,16H,8-9,12H2,1-2H3,(H,22,25). The van der Waals surface area contributed by atoms with E-state index in [9.17, 15) is 9.59 Å². The monoisotopic (exact) mass is 388 g/mol. The van der Waals surface area contributed by atoms with Crippen molar-refractivity contribution in [2.24, 2.45) is 0 Å². The van der Waals surface area contributed by atoms with Crippen LogP contribution < -0.4 is 14.8 Å². The number of nitrogens with zero attached hydrogens (tertiary/aromatic N) is 1. The molecule has 1 aliphatic heterocycles. The molecule has 2 aromatic rings. The van der Waals surface area contributed by atoms with Crippen molar-refractivity contribution in [3.8, 4) is 11.5 Å². The van der Waals surface area contributed by atoms with Crippen molar-refractivity contribution in [2.75, 3.05) is 19.5 Å². The van der Waals surface area contributed by atoms with Gasteiger partial charge in [0.25, 0.3) is 0 Å². The van der Waals surface area contributed by atoms with Crippen LogP contribution in [0.5, 0.6) is 11.5 Å². The molecule has 27 heavy (non-hydrogen) atoms. The van der Waals surface area contributed by atoms with Gasteiger partial charge in [-0.3, -0.25) is 9.59 Å². The van der Waals surface area contributed by atoms with Gasteiger partial charge < -0.3 is 19.7 Å². The summed E-state index contributed by atoms with van der Waals surface area (Å²) in [5.74, 6) is 0.559. The van der Waals surface area contributed by atoms with Crippen LogP contribution in [0.1, 0.15) is 18.4 Å². The van der Waals surface area contributed by atoms with Crippen LogP contribution >= 0.6 is 11.6 Å². The number of halogens is 1. The minimum atomic E-state index is -0.538. The molecular weight excluding hydrogens is 368 g/mol. The van der Waals surface area contributed by atoms with Crippen molar-refractivity contribution in [1.29, 1.82) is 0 Å². The van der Waals surface area contributed by atoms with Crippen molar-refractivity contribution in [3.63, 3.8) is 0 Å². The molecule has 0 aliphatic carbocycles. The molecule has 0 bridgehead atoms. The Balaban J connectivity index is 1.79. The quantitative estimate of drug-likeness (QED) is 0.822. The molecule has 1 aliphatic rings. The largest absolute Gasteiger partial charge is 0.495 e. The zero-order valence-corrected chi connectivity index (χ0v) is 16.0. The second-order valence-electron chi connectivity index (χ2n) is 6.24. The SMILES string of the molecule is COc1cc(NC(=O)C2CCC(=O)N2Cc2ccccc2)c(OC)cc1Cl. The van der Waals surface area contributed by atoms with E-state index in [0.29, 0.717) is 41.6 Å². The van der Waals surface area contributed by atoms with Crippen molar-refractivity contribution >= 4 is 29.1 Å². The molecule has 0 saturated carbocycles. The lowest BCUT2D eigenvalue weighted by molar-refractivity contribution is -0.133. The lowest BCUT2D eigenvalue weighted by atomic mass is 10.1. The van der Waals surface area contributed by atoms with Gasteiger partial charge in [0.1, 0.15) is 17.5 Å². The molecule has 0 radical (unpaired) electrons. The molecule has 1 fully saturated rings. The Hall–Kier alpha value is -2.73. The Morgan fingerprint density at radius 3 is 2.56 bits per heavy atom. The highest BCUT2D eigenvalue weighted by Crippen LogP contribution is 2.36. The molecule has 6 nitrogen and oxygen atoms in total. The Labute approximate surface area is 163 Å². The maximum atomic E-state index is 12.9. The lowest BCUT2D eigenvalue weighted by Gasteiger charge is -2.24. The maximum Gasteiger partial charge on any atom is 0.247 e. The van der Waals surface area contributed by atoms with E-state index in [4.69, 9.17) is 21.1 Å². The first kappa shape index (κ1) is 19.0. The number of carbonyl (C=O) groups is 2. The summed E-state index contributed by atoms with van der Waals surface area (Å²) in [4.78, 5) is 26.8. The Morgan fingerprint density at radius 2 is 1.89 bits per heavy atom. The van der Waals surface area contributed by atoms with Gasteiger partial charge in [0, 0.05) is 25.1 Å². The number of carbonyl (C=O) groups excluding carboxylic acids is 2. The molecule has 1 heterocycles. The predicted octanol–water partition coefficient (Wildman–Crippen LogP) is 3.49. The summed E-state index contributed by atoms with van der Waals surface area (Å²) in [6, 6.07) is 12.3. The van der Waals surface area contributed by atoms with E-state index in [2.05, 4.69) is 5.32 Å². The van der Waals surface area contributed by atoms with Gasteiger partial charge in [-0.25, -0.2) is 0 Å². The molecule has 0 spiro atoms. The highest BCUT2D eigenvalue weighted by molar-refractivity contribution is 6.32. The molecule has 1 saturated heterocycles. The third-order valence-corrected chi connectivity index (χ3v) is 4.85. The van der Waals surface area contributed by atoms with Crippen LogP contribution in [0.15, 0.2) is 42.5 Å². The van der Waals surface area contributed by atoms with Crippen molar-refractivity contribution in [3.05, 3.63) is 53.1 Å². The Kier molecular flexibility index (Phi) is 5.86. The average Bonchev–Trinajstić information content (AvgIpc) is 3.04. The number of amides is 2. The average molecular weight is 389 g/mol. The number of anilines is 1. The predicted molar refractivity (Wildman–Crippen MR) is 103 cm³/mol. The summed E-state index contributed by atoms with van der Waals surface area (Å²) in [7, 11) is 2.99. The molecule has 7 heteroatoms. The van der Waals surface area contributed by atoms with Crippen LogP contribution in [0.3, 0.4) is 0 Å². The molecule has 1 atom stereocenters. The third kappa shape index (κ3) is 4.17. The van der Waals surface area contributed by atoms with E-state index in [-0.39, 0.29) is 11.8 Å². The Bertz CT molecular complexity index is 841. The second-order valence-corrected chi connectivity index (χ2v) is 6.65. The first-order valence-corrected chi connectivity index (χ1v) is 8.97. The Morgan fingerprint density at radius 1 is 1.19 bits per heavy atom. The van der Waals surface area contributed by atoms with Crippen molar-refractivity contribution < 1.29 is 19.1 Å².